The summed E-state index contributed by atoms with van der Waals surface area (Å²) in [5.74, 6) is 0. The smallest absolute Gasteiger partial charge is 0.262 e. The van der Waals surface area contributed by atoms with Gasteiger partial charge in [-0.25, -0.2) is 4.98 Å². The second kappa shape index (κ2) is 5.74. The minimum Gasteiger partial charge on any atom is -0.294 e. The summed E-state index contributed by atoms with van der Waals surface area (Å²) in [6, 6.07) is 9.36. The van der Waals surface area contributed by atoms with Crippen LogP contribution >= 0.6 is 11.3 Å². The Hall–Kier alpha value is -2.45. The summed E-state index contributed by atoms with van der Waals surface area (Å²) < 4.78 is 1.63. The Morgan fingerprint density at radius 2 is 2.05 bits per heavy atom. The van der Waals surface area contributed by atoms with Crippen LogP contribution in [-0.4, -0.2) is 9.55 Å². The third-order valence-electron chi connectivity index (χ3n) is 3.77. The molecule has 0 unspecified atom stereocenters. The second-order valence-electron chi connectivity index (χ2n) is 5.16. The third-order valence-corrected chi connectivity index (χ3v) is 4.82. The molecule has 0 N–H and O–H groups in total. The Morgan fingerprint density at radius 1 is 1.32 bits per heavy atom. The topological polar surface area (TPSA) is 58.7 Å². The lowest BCUT2D eigenvalue weighted by atomic mass is 10.1. The Labute approximate surface area is 132 Å². The Kier molecular flexibility index (Phi) is 3.78. The Morgan fingerprint density at radius 3 is 2.68 bits per heavy atom. The van der Waals surface area contributed by atoms with Crippen LogP contribution < -0.4 is 5.56 Å². The van der Waals surface area contributed by atoms with Gasteiger partial charge in [-0.05, 0) is 36.6 Å². The van der Waals surface area contributed by atoms with Gasteiger partial charge >= 0.3 is 0 Å². The van der Waals surface area contributed by atoms with Gasteiger partial charge in [0.2, 0.25) is 0 Å². The van der Waals surface area contributed by atoms with Crippen LogP contribution in [0.2, 0.25) is 0 Å². The first-order chi connectivity index (χ1) is 10.6. The highest BCUT2D eigenvalue weighted by Crippen LogP contribution is 2.26. The molecule has 0 radical (unpaired) electrons. The second-order valence-corrected chi connectivity index (χ2v) is 6.36. The number of nitrogens with zero attached hydrogens (tertiary/aromatic N) is 3. The van der Waals surface area contributed by atoms with E-state index < -0.39 is 0 Å². The zero-order chi connectivity index (χ0) is 15.7. The fourth-order valence-electron chi connectivity index (χ4n) is 2.61. The van der Waals surface area contributed by atoms with E-state index in [4.69, 9.17) is 5.26 Å². The number of benzene rings is 1. The van der Waals surface area contributed by atoms with Crippen LogP contribution in [0.1, 0.15) is 28.5 Å². The summed E-state index contributed by atoms with van der Waals surface area (Å²) in [5.41, 5.74) is 2.71. The van der Waals surface area contributed by atoms with Gasteiger partial charge in [0.25, 0.3) is 5.56 Å². The molecule has 0 atom stereocenters. The first-order valence-electron chi connectivity index (χ1n) is 7.10. The van der Waals surface area contributed by atoms with Crippen molar-refractivity contribution in [1.82, 2.24) is 9.55 Å². The van der Waals surface area contributed by atoms with Crippen LogP contribution in [0.15, 0.2) is 35.4 Å². The lowest BCUT2D eigenvalue weighted by Crippen LogP contribution is -2.21. The summed E-state index contributed by atoms with van der Waals surface area (Å²) in [6.45, 7) is 4.56. The van der Waals surface area contributed by atoms with Crippen molar-refractivity contribution in [3.8, 4) is 6.07 Å². The van der Waals surface area contributed by atoms with Crippen molar-refractivity contribution in [2.24, 2.45) is 0 Å². The van der Waals surface area contributed by atoms with Crippen LogP contribution in [0.25, 0.3) is 10.2 Å². The molecule has 0 saturated heterocycles. The minimum absolute atomic E-state index is 0.00978. The van der Waals surface area contributed by atoms with Crippen LogP contribution in [0.3, 0.4) is 0 Å². The summed E-state index contributed by atoms with van der Waals surface area (Å²) in [4.78, 5) is 19.1. The van der Waals surface area contributed by atoms with E-state index in [9.17, 15) is 4.79 Å². The molecule has 3 aromatic rings. The lowest BCUT2D eigenvalue weighted by molar-refractivity contribution is 0.748. The predicted molar refractivity (Wildman–Crippen MR) is 88.3 cm³/mol. The maximum atomic E-state index is 12.7. The molecule has 4 nitrogen and oxygen atoms in total. The highest BCUT2D eigenvalue weighted by molar-refractivity contribution is 7.18. The van der Waals surface area contributed by atoms with Crippen molar-refractivity contribution in [3.63, 3.8) is 0 Å². The van der Waals surface area contributed by atoms with Gasteiger partial charge in [-0.1, -0.05) is 19.1 Å². The van der Waals surface area contributed by atoms with E-state index in [1.165, 1.54) is 4.88 Å². The Balaban J connectivity index is 2.06. The quantitative estimate of drug-likeness (QED) is 0.746. The highest BCUT2D eigenvalue weighted by atomic mass is 32.1. The Bertz CT molecular complexity index is 929. The number of rotatable bonds is 3. The van der Waals surface area contributed by atoms with Crippen molar-refractivity contribution in [2.75, 3.05) is 0 Å². The van der Waals surface area contributed by atoms with Crippen molar-refractivity contribution in [3.05, 3.63) is 62.5 Å². The summed E-state index contributed by atoms with van der Waals surface area (Å²) >= 11 is 1.58. The molecule has 0 aliphatic carbocycles. The van der Waals surface area contributed by atoms with Crippen LogP contribution in [-0.2, 0) is 13.0 Å². The summed E-state index contributed by atoms with van der Waals surface area (Å²) in [6.07, 6.45) is 2.45. The molecule has 1 aromatic carbocycles. The molecule has 5 heteroatoms. The number of aromatic nitrogens is 2. The molecule has 2 heterocycles. The van der Waals surface area contributed by atoms with Gasteiger partial charge in [-0.2, -0.15) is 5.26 Å². The molecule has 0 spiro atoms. The molecule has 3 rings (SSSR count). The molecule has 2 aromatic heterocycles. The number of fused-ring (bicyclic) bond motifs is 1. The van der Waals surface area contributed by atoms with Crippen molar-refractivity contribution in [2.45, 2.75) is 26.8 Å². The first-order valence-corrected chi connectivity index (χ1v) is 7.92. The predicted octanol–water partition coefficient (Wildman–Crippen LogP) is 3.25. The molecular weight excluding hydrogens is 294 g/mol. The minimum atomic E-state index is 0.00978. The number of hydrogen-bond donors (Lipinski definition) is 0. The maximum absolute atomic E-state index is 12.7. The van der Waals surface area contributed by atoms with Crippen molar-refractivity contribution in [1.29, 1.82) is 5.26 Å². The van der Waals surface area contributed by atoms with Crippen LogP contribution in [0.4, 0.5) is 0 Å². The number of hydrogen-bond acceptors (Lipinski definition) is 4. The molecule has 110 valence electrons. The normalized spacial score (nSPS) is 10.8. The van der Waals surface area contributed by atoms with Crippen LogP contribution in [0, 0.1) is 18.3 Å². The van der Waals surface area contributed by atoms with Gasteiger partial charge in [-0.3, -0.25) is 9.36 Å². The first kappa shape index (κ1) is 14.5. The molecule has 0 bridgehead atoms. The van der Waals surface area contributed by atoms with E-state index in [0.717, 1.165) is 27.8 Å². The molecule has 0 amide bonds. The molecule has 22 heavy (non-hydrogen) atoms. The molecule has 0 aliphatic rings. The molecular formula is C17H15N3OS. The maximum Gasteiger partial charge on any atom is 0.262 e. The molecule has 0 saturated carbocycles. The lowest BCUT2D eigenvalue weighted by Gasteiger charge is -2.06. The van der Waals surface area contributed by atoms with E-state index >= 15 is 0 Å². The zero-order valence-electron chi connectivity index (χ0n) is 12.5. The van der Waals surface area contributed by atoms with Crippen LogP contribution in [0.5, 0.6) is 0 Å². The zero-order valence-corrected chi connectivity index (χ0v) is 13.3. The largest absolute Gasteiger partial charge is 0.294 e. The van der Waals surface area contributed by atoms with Gasteiger partial charge in [0.05, 0.1) is 29.9 Å². The van der Waals surface area contributed by atoms with E-state index in [1.807, 2.05) is 19.1 Å². The highest BCUT2D eigenvalue weighted by Gasteiger charge is 2.13. The van der Waals surface area contributed by atoms with Gasteiger partial charge in [0.15, 0.2) is 0 Å². The molecule has 0 aliphatic heterocycles. The van der Waals surface area contributed by atoms with E-state index in [0.29, 0.717) is 12.1 Å². The number of thiophene rings is 1. The van der Waals surface area contributed by atoms with Gasteiger partial charge in [0, 0.05) is 4.88 Å². The fourth-order valence-corrected chi connectivity index (χ4v) is 3.68. The summed E-state index contributed by atoms with van der Waals surface area (Å²) in [5, 5.41) is 9.58. The van der Waals surface area contributed by atoms with Gasteiger partial charge < -0.3 is 0 Å². The van der Waals surface area contributed by atoms with Crippen molar-refractivity contribution >= 4 is 21.6 Å². The average molecular weight is 309 g/mol. The van der Waals surface area contributed by atoms with Gasteiger partial charge in [0.1, 0.15) is 4.83 Å². The van der Waals surface area contributed by atoms with Gasteiger partial charge in [-0.15, -0.1) is 11.3 Å². The van der Waals surface area contributed by atoms with E-state index in [2.05, 4.69) is 18.0 Å². The molecule has 0 fully saturated rings. The number of nitriles is 1. The summed E-state index contributed by atoms with van der Waals surface area (Å²) in [7, 11) is 0. The average Bonchev–Trinajstić information content (AvgIpc) is 2.87. The van der Waals surface area contributed by atoms with Crippen molar-refractivity contribution < 1.29 is 0 Å². The SMILES string of the molecule is CCc1c(C)sc2ncn(Cc3ccc(C#N)cc3)c(=O)c12. The number of aryl methyl sites for hydroxylation is 2. The monoisotopic (exact) mass is 309 g/mol. The third kappa shape index (κ3) is 2.42. The standard InChI is InChI=1S/C17H15N3OS/c1-3-14-11(2)22-16-15(14)17(21)20(10-19-16)9-13-6-4-12(8-18)5-7-13/h4-7,10H,3,9H2,1-2H3. The fraction of sp³-hybridized carbons (Fsp3) is 0.235. The van der Waals surface area contributed by atoms with E-state index in [-0.39, 0.29) is 5.56 Å². The van der Waals surface area contributed by atoms with E-state index in [1.54, 1.807) is 34.4 Å².